The minimum atomic E-state index is -3.85. The maximum Gasteiger partial charge on any atom is 0.263 e. The van der Waals surface area contributed by atoms with Crippen LogP contribution in [0.3, 0.4) is 0 Å². The van der Waals surface area contributed by atoms with Crippen LogP contribution < -0.4 is 15.8 Å². The van der Waals surface area contributed by atoms with Crippen molar-refractivity contribution >= 4 is 57.8 Å². The van der Waals surface area contributed by atoms with E-state index in [9.17, 15) is 8.42 Å². The lowest BCUT2D eigenvalue weighted by molar-refractivity contribution is 0.410. The van der Waals surface area contributed by atoms with E-state index < -0.39 is 10.0 Å². The van der Waals surface area contributed by atoms with Crippen molar-refractivity contribution in [2.45, 2.75) is 94.2 Å². The largest absolute Gasteiger partial charge is 0.351 e. The monoisotopic (exact) mass is 569 g/mol. The van der Waals surface area contributed by atoms with Crippen LogP contribution in [0, 0.1) is 0 Å². The molecule has 0 saturated heterocycles. The number of hydrogen-bond acceptors (Lipinski definition) is 7. The predicted molar refractivity (Wildman–Crippen MR) is 153 cm³/mol. The van der Waals surface area contributed by atoms with Gasteiger partial charge in [0.15, 0.2) is 17.0 Å². The number of nitrogens with two attached hydrogens (primary N) is 1. The summed E-state index contributed by atoms with van der Waals surface area (Å²) in [5, 5.41) is 3.43. The van der Waals surface area contributed by atoms with Crippen LogP contribution in [0.5, 0.6) is 0 Å². The number of benzene rings is 1. The lowest BCUT2D eigenvalue weighted by Crippen LogP contribution is -2.33. The van der Waals surface area contributed by atoms with E-state index in [4.69, 9.17) is 10.7 Å². The van der Waals surface area contributed by atoms with Gasteiger partial charge in [0.25, 0.3) is 10.0 Å². The second-order valence-corrected chi connectivity index (χ2v) is 11.9. The molecule has 0 aliphatic heterocycles. The van der Waals surface area contributed by atoms with Crippen molar-refractivity contribution in [2.24, 2.45) is 5.73 Å². The zero-order valence-electron chi connectivity index (χ0n) is 21.3. The van der Waals surface area contributed by atoms with Crippen LogP contribution in [-0.4, -0.2) is 40.0 Å². The maximum atomic E-state index is 13.3. The molecule has 0 amide bonds. The van der Waals surface area contributed by atoms with Gasteiger partial charge < -0.3 is 15.6 Å². The Kier molecular flexibility index (Phi) is 9.66. The highest BCUT2D eigenvalue weighted by atomic mass is 35.5. The van der Waals surface area contributed by atoms with Crippen LogP contribution in [0.4, 0.5) is 11.8 Å². The van der Waals surface area contributed by atoms with E-state index in [-0.39, 0.29) is 47.6 Å². The molecule has 2 aliphatic carbocycles. The lowest BCUT2D eigenvalue weighted by Gasteiger charge is -2.27. The second kappa shape index (κ2) is 12.1. The highest BCUT2D eigenvalue weighted by Gasteiger charge is 2.26. The van der Waals surface area contributed by atoms with Crippen molar-refractivity contribution in [1.82, 2.24) is 19.5 Å². The number of hydrogen-bond donors (Lipinski definition) is 3. The summed E-state index contributed by atoms with van der Waals surface area (Å²) in [4.78, 5) is 14.1. The summed E-state index contributed by atoms with van der Waals surface area (Å²) in [6.07, 6.45) is 10.0. The summed E-state index contributed by atoms with van der Waals surface area (Å²) in [6, 6.07) is 7.75. The van der Waals surface area contributed by atoms with Crippen LogP contribution in [0.1, 0.15) is 82.7 Å². The first-order chi connectivity index (χ1) is 16.8. The fourth-order valence-electron chi connectivity index (χ4n) is 5.17. The zero-order chi connectivity index (χ0) is 24.6. The zero-order valence-corrected chi connectivity index (χ0v) is 23.7. The van der Waals surface area contributed by atoms with E-state index in [0.717, 1.165) is 44.1 Å². The van der Waals surface area contributed by atoms with Gasteiger partial charge in [-0.05, 0) is 62.1 Å². The SMILES string of the molecule is CC(C)c1ccc(S(=O)(=O)Nc2nc(N[C@H]3CC[C@H](N)CC3)nc3c2ncn3C2CCCC2)cc1.Cl.Cl. The summed E-state index contributed by atoms with van der Waals surface area (Å²) in [6.45, 7) is 4.16. The van der Waals surface area contributed by atoms with Crippen molar-refractivity contribution < 1.29 is 8.42 Å². The molecule has 2 saturated carbocycles. The Bertz CT molecular complexity index is 1280. The quantitative estimate of drug-likeness (QED) is 0.348. The summed E-state index contributed by atoms with van der Waals surface area (Å²) in [7, 11) is -3.85. The van der Waals surface area contributed by atoms with Crippen molar-refractivity contribution in [1.29, 1.82) is 0 Å². The van der Waals surface area contributed by atoms with E-state index in [1.165, 1.54) is 12.8 Å². The Morgan fingerprint density at radius 2 is 1.62 bits per heavy atom. The molecule has 2 aliphatic rings. The third kappa shape index (κ3) is 6.47. The molecule has 1 aromatic carbocycles. The van der Waals surface area contributed by atoms with Gasteiger partial charge in [-0.15, -0.1) is 24.8 Å². The molecule has 0 bridgehead atoms. The smallest absolute Gasteiger partial charge is 0.263 e. The summed E-state index contributed by atoms with van der Waals surface area (Å²) >= 11 is 0. The number of rotatable bonds is 7. The Morgan fingerprint density at radius 1 is 0.973 bits per heavy atom. The fourth-order valence-corrected chi connectivity index (χ4v) is 6.18. The van der Waals surface area contributed by atoms with Crippen LogP contribution >= 0.6 is 24.8 Å². The van der Waals surface area contributed by atoms with Crippen molar-refractivity contribution in [3.05, 3.63) is 36.2 Å². The molecule has 2 aromatic heterocycles. The van der Waals surface area contributed by atoms with Gasteiger partial charge in [0.2, 0.25) is 5.95 Å². The minimum Gasteiger partial charge on any atom is -0.351 e. The molecule has 9 nitrogen and oxygen atoms in total. The van der Waals surface area contributed by atoms with Gasteiger partial charge >= 0.3 is 0 Å². The number of nitrogens with one attached hydrogen (secondary N) is 2. The Balaban J connectivity index is 0.00000190. The number of halogens is 2. The molecule has 4 N–H and O–H groups in total. The number of anilines is 2. The van der Waals surface area contributed by atoms with Gasteiger partial charge in [-0.2, -0.15) is 9.97 Å². The van der Waals surface area contributed by atoms with Crippen molar-refractivity contribution in [2.75, 3.05) is 10.0 Å². The first kappa shape index (κ1) is 29.4. The van der Waals surface area contributed by atoms with E-state index in [0.29, 0.717) is 29.1 Å². The molecule has 2 fully saturated rings. The lowest BCUT2D eigenvalue weighted by atomic mass is 9.92. The van der Waals surface area contributed by atoms with Gasteiger partial charge in [-0.1, -0.05) is 38.8 Å². The summed E-state index contributed by atoms with van der Waals surface area (Å²) in [5.74, 6) is 0.948. The van der Waals surface area contributed by atoms with Gasteiger partial charge in [-0.25, -0.2) is 13.4 Å². The van der Waals surface area contributed by atoms with Crippen molar-refractivity contribution in [3.63, 3.8) is 0 Å². The second-order valence-electron chi connectivity index (χ2n) is 10.2. The highest BCUT2D eigenvalue weighted by Crippen LogP contribution is 2.34. The topological polar surface area (TPSA) is 128 Å². The molecule has 37 heavy (non-hydrogen) atoms. The molecular formula is C25H37Cl2N7O2S. The van der Waals surface area contributed by atoms with E-state index in [2.05, 4.69) is 38.4 Å². The van der Waals surface area contributed by atoms with Crippen LogP contribution in [0.2, 0.25) is 0 Å². The predicted octanol–water partition coefficient (Wildman–Crippen LogP) is 5.39. The number of imidazole rings is 1. The Labute approximate surface area is 231 Å². The number of nitrogens with zero attached hydrogens (tertiary/aromatic N) is 4. The first-order valence-electron chi connectivity index (χ1n) is 12.7. The van der Waals surface area contributed by atoms with Gasteiger partial charge in [-0.3, -0.25) is 4.72 Å². The highest BCUT2D eigenvalue weighted by molar-refractivity contribution is 7.92. The average Bonchev–Trinajstić information content (AvgIpc) is 3.50. The molecule has 0 atom stereocenters. The Morgan fingerprint density at radius 3 is 2.24 bits per heavy atom. The number of sulfonamides is 1. The fraction of sp³-hybridized carbons (Fsp3) is 0.560. The summed E-state index contributed by atoms with van der Waals surface area (Å²) < 4.78 is 31.4. The van der Waals surface area contributed by atoms with E-state index in [1.807, 2.05) is 12.1 Å². The molecule has 0 unspecified atom stereocenters. The van der Waals surface area contributed by atoms with Gasteiger partial charge in [0.05, 0.1) is 11.2 Å². The van der Waals surface area contributed by atoms with Gasteiger partial charge in [0.1, 0.15) is 0 Å². The number of aromatic nitrogens is 4. The van der Waals surface area contributed by atoms with Crippen molar-refractivity contribution in [3.8, 4) is 0 Å². The molecule has 0 radical (unpaired) electrons. The standard InChI is InChI=1S/C25H35N7O2S.2ClH/c1-16(2)17-7-13-21(14-8-17)35(33,34)31-23-22-24(32(15-27-22)20-5-3-4-6-20)30-25(29-23)28-19-11-9-18(26)10-12-19;;/h7-8,13-16,18-20H,3-6,9-12,26H2,1-2H3,(H2,28,29,30,31);2*1H/t18-,19-;;. The number of fused-ring (bicyclic) bond motifs is 1. The molecule has 2 heterocycles. The third-order valence-electron chi connectivity index (χ3n) is 7.33. The molecule has 3 aromatic rings. The molecule has 0 spiro atoms. The molecular weight excluding hydrogens is 533 g/mol. The van der Waals surface area contributed by atoms with Gasteiger partial charge in [0, 0.05) is 18.1 Å². The minimum absolute atomic E-state index is 0. The molecule has 12 heteroatoms. The van der Waals surface area contributed by atoms with Crippen LogP contribution in [0.15, 0.2) is 35.5 Å². The normalized spacial score (nSPS) is 20.4. The van der Waals surface area contributed by atoms with E-state index >= 15 is 0 Å². The van der Waals surface area contributed by atoms with E-state index in [1.54, 1.807) is 18.5 Å². The molecule has 204 valence electrons. The Hall–Kier alpha value is -2.14. The summed E-state index contributed by atoms with van der Waals surface area (Å²) in [5.41, 5.74) is 8.28. The van der Waals surface area contributed by atoms with Crippen LogP contribution in [0.25, 0.3) is 11.2 Å². The molecule has 5 rings (SSSR count). The average molecular weight is 571 g/mol. The maximum absolute atomic E-state index is 13.3. The van der Waals surface area contributed by atoms with Crippen LogP contribution in [-0.2, 0) is 10.0 Å². The third-order valence-corrected chi connectivity index (χ3v) is 8.69. The first-order valence-corrected chi connectivity index (χ1v) is 14.2.